The quantitative estimate of drug-likeness (QED) is 0.245. The number of Topliss-reactive ketones (excluding diaryl/α,β-unsaturated/α-hetero) is 1. The second-order valence-electron chi connectivity index (χ2n) is 10.8. The van der Waals surface area contributed by atoms with Crippen LogP contribution in [0.1, 0.15) is 52.5 Å². The topological polar surface area (TPSA) is 104 Å². The monoisotopic (exact) mass is 477 g/mol. The number of carboxylic acids is 1. The number of aliphatic carboxylic acids is 1. The average Bonchev–Trinajstić information content (AvgIpc) is 3.05. The smallest absolute Gasteiger partial charge is 0.328 e. The van der Waals surface area contributed by atoms with Crippen LogP contribution in [-0.2, 0) is 20.8 Å². The van der Waals surface area contributed by atoms with E-state index in [1.807, 2.05) is 44.2 Å². The van der Waals surface area contributed by atoms with Gasteiger partial charge in [-0.2, -0.15) is 0 Å². The van der Waals surface area contributed by atoms with E-state index < -0.39 is 35.0 Å². The highest BCUT2D eigenvalue weighted by Crippen LogP contribution is 2.59. The van der Waals surface area contributed by atoms with E-state index in [0.29, 0.717) is 17.9 Å². The SMILES string of the molecule is CC1=C[C@H]2C[C@@H](C)CC[C@@H]2[C@@](C)(/C(O)=C2\C(=O)NC(Cc3ccccc3)C2=O)[C@H]1/C(C)=C/C(=O)O. The van der Waals surface area contributed by atoms with E-state index >= 15 is 0 Å². The Hall–Kier alpha value is -3.15. The first-order valence-corrected chi connectivity index (χ1v) is 12.5. The lowest BCUT2D eigenvalue weighted by Crippen LogP contribution is -2.47. The minimum Gasteiger partial charge on any atom is -0.511 e. The third-order valence-corrected chi connectivity index (χ3v) is 8.40. The van der Waals surface area contributed by atoms with Crippen LogP contribution in [-0.4, -0.2) is 33.9 Å². The van der Waals surface area contributed by atoms with Crippen molar-refractivity contribution in [1.82, 2.24) is 5.32 Å². The van der Waals surface area contributed by atoms with E-state index in [9.17, 15) is 24.6 Å². The van der Waals surface area contributed by atoms with Crippen LogP contribution in [0, 0.1) is 29.1 Å². The van der Waals surface area contributed by atoms with Gasteiger partial charge in [0.1, 0.15) is 11.3 Å². The summed E-state index contributed by atoms with van der Waals surface area (Å²) >= 11 is 0. The van der Waals surface area contributed by atoms with Crippen molar-refractivity contribution in [2.75, 3.05) is 0 Å². The number of nitrogens with one attached hydrogen (secondary N) is 1. The van der Waals surface area contributed by atoms with Crippen molar-refractivity contribution in [2.24, 2.45) is 29.1 Å². The molecule has 35 heavy (non-hydrogen) atoms. The van der Waals surface area contributed by atoms with Crippen molar-refractivity contribution < 1.29 is 24.6 Å². The van der Waals surface area contributed by atoms with E-state index in [-0.39, 0.29) is 23.2 Å². The predicted octanol–water partition coefficient (Wildman–Crippen LogP) is 4.77. The standard InChI is InChI=1S/C29H35NO5/c1-16-10-11-21-20(12-16)13-17(2)25(18(3)14-23(31)32)29(21,4)27(34)24-26(33)22(30-28(24)35)15-19-8-6-5-7-9-19/h5-9,13-14,16,20-22,25,34H,10-12,15H2,1-4H3,(H,30,35)(H,31,32)/b18-14+,27-24+/t16-,20+,21-,22?,25+,29+/m0/s1. The van der Waals surface area contributed by atoms with E-state index in [4.69, 9.17) is 0 Å². The molecule has 186 valence electrons. The highest BCUT2D eigenvalue weighted by Gasteiger charge is 2.55. The molecule has 2 fully saturated rings. The van der Waals surface area contributed by atoms with Crippen LogP contribution in [0.15, 0.2) is 65.0 Å². The number of fused-ring (bicyclic) bond motifs is 1. The average molecular weight is 478 g/mol. The minimum atomic E-state index is -1.05. The number of amides is 1. The molecule has 1 amide bonds. The van der Waals surface area contributed by atoms with Crippen LogP contribution in [0.4, 0.5) is 0 Å². The Morgan fingerprint density at radius 2 is 1.86 bits per heavy atom. The van der Waals surface area contributed by atoms with Gasteiger partial charge in [-0.25, -0.2) is 4.79 Å². The maximum atomic E-state index is 13.5. The summed E-state index contributed by atoms with van der Waals surface area (Å²) in [7, 11) is 0. The molecule has 3 N–H and O–H groups in total. The Morgan fingerprint density at radius 3 is 2.51 bits per heavy atom. The van der Waals surface area contributed by atoms with Crippen LogP contribution in [0.5, 0.6) is 0 Å². The molecule has 1 unspecified atom stereocenters. The summed E-state index contributed by atoms with van der Waals surface area (Å²) in [5.41, 5.74) is 1.35. The van der Waals surface area contributed by atoms with Crippen molar-refractivity contribution in [3.8, 4) is 0 Å². The molecule has 1 aromatic carbocycles. The molecule has 1 heterocycles. The summed E-state index contributed by atoms with van der Waals surface area (Å²) in [6.07, 6.45) is 6.53. The van der Waals surface area contributed by atoms with Crippen LogP contribution >= 0.6 is 0 Å². The molecule has 0 bridgehead atoms. The van der Waals surface area contributed by atoms with Gasteiger partial charge in [-0.15, -0.1) is 0 Å². The van der Waals surface area contributed by atoms with Gasteiger partial charge in [0.2, 0.25) is 0 Å². The van der Waals surface area contributed by atoms with Gasteiger partial charge in [0.05, 0.1) is 6.04 Å². The number of rotatable bonds is 5. The van der Waals surface area contributed by atoms with Crippen molar-refractivity contribution in [3.05, 3.63) is 70.5 Å². The first-order valence-electron chi connectivity index (χ1n) is 12.5. The summed E-state index contributed by atoms with van der Waals surface area (Å²) < 4.78 is 0. The number of allylic oxidation sites excluding steroid dienone is 4. The lowest BCUT2D eigenvalue weighted by molar-refractivity contribution is -0.131. The van der Waals surface area contributed by atoms with E-state index in [0.717, 1.165) is 30.4 Å². The molecule has 0 spiro atoms. The molecule has 3 aliphatic rings. The molecule has 1 saturated heterocycles. The molecule has 6 atom stereocenters. The van der Waals surface area contributed by atoms with Crippen molar-refractivity contribution >= 4 is 17.7 Å². The number of carboxylic acid groups (broad SMARTS) is 1. The molecule has 0 aromatic heterocycles. The zero-order chi connectivity index (χ0) is 25.5. The molecule has 1 saturated carbocycles. The fraction of sp³-hybridized carbons (Fsp3) is 0.483. The lowest BCUT2D eigenvalue weighted by Gasteiger charge is -2.53. The fourth-order valence-electron chi connectivity index (χ4n) is 6.97. The van der Waals surface area contributed by atoms with Crippen LogP contribution in [0.2, 0.25) is 0 Å². The number of aliphatic hydroxyl groups is 1. The van der Waals surface area contributed by atoms with Crippen LogP contribution < -0.4 is 5.32 Å². The Kier molecular flexibility index (Phi) is 6.76. The second-order valence-corrected chi connectivity index (χ2v) is 10.8. The lowest BCUT2D eigenvalue weighted by atomic mass is 9.51. The van der Waals surface area contributed by atoms with Crippen molar-refractivity contribution in [3.63, 3.8) is 0 Å². The molecule has 6 heteroatoms. The minimum absolute atomic E-state index is 0.00850. The first kappa shape index (κ1) is 25.0. The normalized spacial score (nSPS) is 34.7. The maximum Gasteiger partial charge on any atom is 0.328 e. The van der Waals surface area contributed by atoms with Gasteiger partial charge < -0.3 is 15.5 Å². The van der Waals surface area contributed by atoms with Crippen LogP contribution in [0.25, 0.3) is 0 Å². The summed E-state index contributed by atoms with van der Waals surface area (Å²) in [5, 5.41) is 24.1. The van der Waals surface area contributed by atoms with Gasteiger partial charge in [-0.3, -0.25) is 9.59 Å². The van der Waals surface area contributed by atoms with Gasteiger partial charge in [-0.1, -0.05) is 67.8 Å². The molecular weight excluding hydrogens is 442 g/mol. The zero-order valence-corrected chi connectivity index (χ0v) is 20.9. The highest BCUT2D eigenvalue weighted by molar-refractivity contribution is 6.27. The van der Waals surface area contributed by atoms with Gasteiger partial charge in [-0.05, 0) is 50.0 Å². The third kappa shape index (κ3) is 4.46. The summed E-state index contributed by atoms with van der Waals surface area (Å²) in [6.45, 7) is 7.85. The van der Waals surface area contributed by atoms with Crippen molar-refractivity contribution in [1.29, 1.82) is 0 Å². The van der Waals surface area contributed by atoms with E-state index in [1.165, 1.54) is 6.08 Å². The van der Waals surface area contributed by atoms with E-state index in [1.54, 1.807) is 6.92 Å². The Balaban J connectivity index is 1.81. The maximum absolute atomic E-state index is 13.5. The van der Waals surface area contributed by atoms with Crippen LogP contribution in [0.3, 0.4) is 0 Å². The highest BCUT2D eigenvalue weighted by atomic mass is 16.4. The third-order valence-electron chi connectivity index (χ3n) is 8.40. The Morgan fingerprint density at radius 1 is 1.17 bits per heavy atom. The molecule has 0 radical (unpaired) electrons. The van der Waals surface area contributed by atoms with Gasteiger partial charge in [0, 0.05) is 23.8 Å². The number of hydrogen-bond acceptors (Lipinski definition) is 4. The molecular formula is C29H35NO5. The molecule has 1 aromatic rings. The molecule has 1 aliphatic heterocycles. The number of carbonyl (C=O) groups excluding carboxylic acids is 2. The molecule has 6 nitrogen and oxygen atoms in total. The van der Waals surface area contributed by atoms with Crippen molar-refractivity contribution in [2.45, 2.75) is 59.4 Å². The summed E-state index contributed by atoms with van der Waals surface area (Å²) in [5.74, 6) is -1.90. The predicted molar refractivity (Wildman–Crippen MR) is 133 cm³/mol. The van der Waals surface area contributed by atoms with Gasteiger partial charge in [0.15, 0.2) is 5.78 Å². The number of aliphatic hydroxyl groups excluding tert-OH is 1. The second kappa shape index (κ2) is 9.48. The van der Waals surface area contributed by atoms with E-state index in [2.05, 4.69) is 18.3 Å². The number of ketones is 1. The molecule has 4 rings (SSSR count). The fourth-order valence-corrected chi connectivity index (χ4v) is 6.97. The molecule has 2 aliphatic carbocycles. The largest absolute Gasteiger partial charge is 0.511 e. The zero-order valence-electron chi connectivity index (χ0n) is 20.9. The number of carbonyl (C=O) groups is 3. The first-order chi connectivity index (χ1) is 16.5. The summed E-state index contributed by atoms with van der Waals surface area (Å²) in [4.78, 5) is 38.1. The Labute approximate surface area is 206 Å². The Bertz CT molecular complexity index is 1130. The number of hydrogen-bond donors (Lipinski definition) is 3. The summed E-state index contributed by atoms with van der Waals surface area (Å²) in [6, 6.07) is 8.74. The van der Waals surface area contributed by atoms with Gasteiger partial charge >= 0.3 is 5.97 Å². The van der Waals surface area contributed by atoms with Gasteiger partial charge in [0.25, 0.3) is 5.91 Å². The number of benzene rings is 1.